The summed E-state index contributed by atoms with van der Waals surface area (Å²) in [5.41, 5.74) is 5.37. The number of hydrogen-bond donors (Lipinski definition) is 0. The molecule has 3 aromatic rings. The Hall–Kier alpha value is -3.15. The van der Waals surface area contributed by atoms with E-state index in [4.69, 9.17) is 4.98 Å². The normalized spacial score (nSPS) is 19.8. The van der Waals surface area contributed by atoms with Crippen LogP contribution in [0.15, 0.2) is 60.7 Å². The Morgan fingerprint density at radius 1 is 0.778 bits per heavy atom. The van der Waals surface area contributed by atoms with Crippen molar-refractivity contribution >= 4 is 11.6 Å². The van der Waals surface area contributed by atoms with Crippen LogP contribution in [0.5, 0.6) is 0 Å². The summed E-state index contributed by atoms with van der Waals surface area (Å²) in [5, 5.41) is 0. The van der Waals surface area contributed by atoms with Gasteiger partial charge in [-0.25, -0.2) is 0 Å². The number of carbonyl (C=O) groups is 2. The van der Waals surface area contributed by atoms with Crippen LogP contribution < -0.4 is 0 Å². The Labute approximate surface area is 213 Å². The van der Waals surface area contributed by atoms with Crippen molar-refractivity contribution in [2.75, 3.05) is 26.2 Å². The maximum Gasteiger partial charge on any atom is 0.198 e. The van der Waals surface area contributed by atoms with E-state index in [1.807, 2.05) is 18.2 Å². The van der Waals surface area contributed by atoms with Gasteiger partial charge in [-0.2, -0.15) is 0 Å². The van der Waals surface area contributed by atoms with Crippen LogP contribution in [-0.4, -0.2) is 52.5 Å². The first-order valence-electron chi connectivity index (χ1n) is 13.3. The van der Waals surface area contributed by atoms with Gasteiger partial charge in [-0.3, -0.25) is 24.4 Å². The topological polar surface area (TPSA) is 53.5 Å². The third-order valence-corrected chi connectivity index (χ3v) is 8.36. The van der Waals surface area contributed by atoms with Crippen molar-refractivity contribution in [2.45, 2.75) is 51.1 Å². The molecule has 2 aromatic carbocycles. The zero-order chi connectivity index (χ0) is 24.7. The largest absolute Gasteiger partial charge is 0.297 e. The van der Waals surface area contributed by atoms with Crippen LogP contribution in [0.3, 0.4) is 0 Å². The summed E-state index contributed by atoms with van der Waals surface area (Å²) in [6.45, 7) is 6.01. The minimum Gasteiger partial charge on any atom is -0.297 e. The molecule has 0 unspecified atom stereocenters. The Morgan fingerprint density at radius 3 is 2.11 bits per heavy atom. The Bertz CT molecular complexity index is 1290. The molecular weight excluding hydrogens is 446 g/mol. The molecule has 5 nitrogen and oxygen atoms in total. The van der Waals surface area contributed by atoms with Gasteiger partial charge < -0.3 is 0 Å². The van der Waals surface area contributed by atoms with Crippen molar-refractivity contribution < 1.29 is 9.59 Å². The van der Waals surface area contributed by atoms with Gasteiger partial charge in [-0.1, -0.05) is 61.5 Å². The highest BCUT2D eigenvalue weighted by molar-refractivity contribution is 6.32. The average Bonchev–Trinajstić information content (AvgIpc) is 3.16. The van der Waals surface area contributed by atoms with Gasteiger partial charge in [0.05, 0.1) is 5.69 Å². The summed E-state index contributed by atoms with van der Waals surface area (Å²) >= 11 is 0. The Balaban J connectivity index is 1.34. The summed E-state index contributed by atoms with van der Waals surface area (Å²) in [6, 6.07) is 20.0. The first-order chi connectivity index (χ1) is 17.6. The second-order valence-electron chi connectivity index (χ2n) is 10.3. The van der Waals surface area contributed by atoms with Crippen LogP contribution in [0.1, 0.15) is 68.6 Å². The van der Waals surface area contributed by atoms with E-state index in [1.54, 1.807) is 12.1 Å². The zero-order valence-corrected chi connectivity index (χ0v) is 21.0. The van der Waals surface area contributed by atoms with E-state index in [9.17, 15) is 9.59 Å². The summed E-state index contributed by atoms with van der Waals surface area (Å²) in [4.78, 5) is 37.9. The van der Waals surface area contributed by atoms with Gasteiger partial charge in [0.15, 0.2) is 17.1 Å². The van der Waals surface area contributed by atoms with Gasteiger partial charge in [-0.05, 0) is 54.9 Å². The molecule has 0 amide bonds. The van der Waals surface area contributed by atoms with Crippen LogP contribution >= 0.6 is 0 Å². The molecule has 1 aromatic heterocycles. The molecule has 6 rings (SSSR count). The number of pyridine rings is 1. The van der Waals surface area contributed by atoms with Gasteiger partial charge in [-0.15, -0.1) is 0 Å². The molecule has 184 valence electrons. The van der Waals surface area contributed by atoms with E-state index in [0.29, 0.717) is 29.9 Å². The van der Waals surface area contributed by atoms with E-state index >= 15 is 0 Å². The highest BCUT2D eigenvalue weighted by Gasteiger charge is 2.59. The molecule has 2 aliphatic carbocycles. The number of benzene rings is 2. The average molecular weight is 480 g/mol. The number of aryl methyl sites for hydroxylation is 3. The van der Waals surface area contributed by atoms with E-state index < -0.39 is 5.54 Å². The summed E-state index contributed by atoms with van der Waals surface area (Å²) in [5.74, 6) is -0.229. The lowest BCUT2D eigenvalue weighted by Crippen LogP contribution is -2.60. The molecule has 3 aliphatic rings. The van der Waals surface area contributed by atoms with E-state index in [0.717, 1.165) is 51.0 Å². The molecule has 0 N–H and O–H groups in total. The van der Waals surface area contributed by atoms with Gasteiger partial charge in [0, 0.05) is 49.5 Å². The SMILES string of the molecule is CCc1ccccc1CN1CCN(C2(c3ccc4c(n3)CCCC4)C(=O)c3ccccc3C2=O)CC1. The lowest BCUT2D eigenvalue weighted by molar-refractivity contribution is 0.0265. The van der Waals surface area contributed by atoms with Crippen molar-refractivity contribution in [1.82, 2.24) is 14.8 Å². The number of piperazine rings is 1. The first kappa shape index (κ1) is 23.3. The van der Waals surface area contributed by atoms with Crippen LogP contribution in [0.2, 0.25) is 0 Å². The summed E-state index contributed by atoms with van der Waals surface area (Å²) in [6.07, 6.45) is 5.24. The molecule has 2 heterocycles. The number of rotatable bonds is 5. The van der Waals surface area contributed by atoms with Gasteiger partial charge in [0.2, 0.25) is 0 Å². The number of carbonyl (C=O) groups excluding carboxylic acids is 2. The quantitative estimate of drug-likeness (QED) is 0.500. The highest BCUT2D eigenvalue weighted by Crippen LogP contribution is 2.43. The van der Waals surface area contributed by atoms with Gasteiger partial charge in [0.1, 0.15) is 0 Å². The van der Waals surface area contributed by atoms with Crippen molar-refractivity contribution in [3.8, 4) is 0 Å². The fraction of sp³-hybridized carbons (Fsp3) is 0.387. The second-order valence-corrected chi connectivity index (χ2v) is 10.3. The van der Waals surface area contributed by atoms with Crippen LogP contribution in [0, 0.1) is 0 Å². The molecule has 0 atom stereocenters. The van der Waals surface area contributed by atoms with E-state index in [-0.39, 0.29) is 11.6 Å². The minimum atomic E-state index is -1.36. The van der Waals surface area contributed by atoms with Crippen molar-refractivity contribution in [1.29, 1.82) is 0 Å². The first-order valence-corrected chi connectivity index (χ1v) is 13.3. The molecule has 1 aliphatic heterocycles. The monoisotopic (exact) mass is 479 g/mol. The summed E-state index contributed by atoms with van der Waals surface area (Å²) in [7, 11) is 0. The minimum absolute atomic E-state index is 0.115. The number of aromatic nitrogens is 1. The second kappa shape index (κ2) is 9.38. The lowest BCUT2D eigenvalue weighted by atomic mass is 9.84. The number of hydrogen-bond acceptors (Lipinski definition) is 5. The smallest absolute Gasteiger partial charge is 0.198 e. The van der Waals surface area contributed by atoms with Crippen molar-refractivity contribution in [3.63, 3.8) is 0 Å². The lowest BCUT2D eigenvalue weighted by Gasteiger charge is -2.43. The fourth-order valence-corrected chi connectivity index (χ4v) is 6.38. The Kier molecular flexibility index (Phi) is 6.06. The Morgan fingerprint density at radius 2 is 1.42 bits per heavy atom. The third-order valence-electron chi connectivity index (χ3n) is 8.36. The predicted octanol–water partition coefficient (Wildman–Crippen LogP) is 4.62. The molecule has 0 bridgehead atoms. The molecule has 1 saturated heterocycles. The highest BCUT2D eigenvalue weighted by atomic mass is 16.2. The standard InChI is InChI=1S/C31H33N3O2/c1-2-22-9-3-4-11-24(22)21-33-17-19-34(20-18-33)31(28-16-15-23-10-5-8-14-27(23)32-28)29(35)25-12-6-7-13-26(25)30(31)36/h3-4,6-7,9,11-13,15-16H,2,5,8,10,14,17-21H2,1H3. The molecule has 0 spiro atoms. The maximum atomic E-state index is 14.1. The number of ketones is 2. The van der Waals surface area contributed by atoms with Gasteiger partial charge >= 0.3 is 0 Å². The number of Topliss-reactive ketones (excluding diaryl/α,β-unsaturated/α-hetero) is 2. The van der Waals surface area contributed by atoms with Crippen LogP contribution in [0.25, 0.3) is 0 Å². The summed E-state index contributed by atoms with van der Waals surface area (Å²) < 4.78 is 0. The molecule has 36 heavy (non-hydrogen) atoms. The van der Waals surface area contributed by atoms with E-state index in [2.05, 4.69) is 47.1 Å². The molecule has 5 heteroatoms. The molecular formula is C31H33N3O2. The van der Waals surface area contributed by atoms with Gasteiger partial charge in [0.25, 0.3) is 0 Å². The molecule has 1 fully saturated rings. The third kappa shape index (κ3) is 3.64. The van der Waals surface area contributed by atoms with Crippen molar-refractivity contribution in [3.05, 3.63) is 99.9 Å². The van der Waals surface area contributed by atoms with Crippen LogP contribution in [0.4, 0.5) is 0 Å². The zero-order valence-electron chi connectivity index (χ0n) is 21.0. The van der Waals surface area contributed by atoms with Crippen molar-refractivity contribution in [2.24, 2.45) is 0 Å². The number of nitrogens with zero attached hydrogens (tertiary/aromatic N) is 3. The predicted molar refractivity (Wildman–Crippen MR) is 140 cm³/mol. The maximum absolute atomic E-state index is 14.1. The molecule has 0 saturated carbocycles. The number of fused-ring (bicyclic) bond motifs is 2. The van der Waals surface area contributed by atoms with Crippen LogP contribution in [-0.2, 0) is 31.3 Å². The van der Waals surface area contributed by atoms with E-state index in [1.165, 1.54) is 23.1 Å². The fourth-order valence-electron chi connectivity index (χ4n) is 6.38. The molecule has 0 radical (unpaired) electrons.